The second-order valence-corrected chi connectivity index (χ2v) is 7.00. The summed E-state index contributed by atoms with van der Waals surface area (Å²) in [6, 6.07) is 9.46. The number of ether oxygens (including phenoxy) is 1. The highest BCUT2D eigenvalue weighted by molar-refractivity contribution is 5.92. The second kappa shape index (κ2) is 7.88. The zero-order chi connectivity index (χ0) is 19.5. The first-order valence-corrected chi connectivity index (χ1v) is 9.53. The van der Waals surface area contributed by atoms with Crippen LogP contribution in [-0.2, 0) is 13.5 Å². The molecule has 0 radical (unpaired) electrons. The molecule has 1 saturated heterocycles. The van der Waals surface area contributed by atoms with Crippen LogP contribution in [0.3, 0.4) is 0 Å². The number of likely N-dealkylation sites (tertiary alicyclic amines) is 1. The highest BCUT2D eigenvalue weighted by atomic mass is 16.5. The number of piperidine rings is 1. The molecule has 1 amide bonds. The van der Waals surface area contributed by atoms with E-state index in [1.807, 2.05) is 29.2 Å². The monoisotopic (exact) mass is 380 g/mol. The van der Waals surface area contributed by atoms with Crippen LogP contribution in [0.15, 0.2) is 47.1 Å². The van der Waals surface area contributed by atoms with Crippen molar-refractivity contribution >= 4 is 5.91 Å². The third-order valence-corrected chi connectivity index (χ3v) is 5.22. The molecule has 7 heteroatoms. The lowest BCUT2D eigenvalue weighted by atomic mass is 10.0. The summed E-state index contributed by atoms with van der Waals surface area (Å²) in [5.74, 6) is 2.15. The van der Waals surface area contributed by atoms with Gasteiger partial charge in [-0.2, -0.15) is 5.10 Å². The van der Waals surface area contributed by atoms with Crippen molar-refractivity contribution in [3.8, 4) is 5.75 Å². The third kappa shape index (κ3) is 3.52. The number of benzene rings is 1. The van der Waals surface area contributed by atoms with E-state index in [2.05, 4.69) is 10.1 Å². The Morgan fingerprint density at radius 3 is 2.93 bits per heavy atom. The Bertz CT molecular complexity index is 962. The number of rotatable bonds is 5. The lowest BCUT2D eigenvalue weighted by Gasteiger charge is -2.33. The van der Waals surface area contributed by atoms with Crippen molar-refractivity contribution in [1.29, 1.82) is 0 Å². The van der Waals surface area contributed by atoms with E-state index < -0.39 is 0 Å². The maximum absolute atomic E-state index is 13.0. The number of hydrogen-bond acceptors (Lipinski definition) is 5. The number of aryl methyl sites for hydroxylation is 1. The Morgan fingerprint density at radius 2 is 2.14 bits per heavy atom. The van der Waals surface area contributed by atoms with Crippen LogP contribution < -0.4 is 4.74 Å². The minimum absolute atomic E-state index is 0.0332. The number of para-hydroxylation sites is 1. The number of nitrogens with zero attached hydrogens (tertiary/aromatic N) is 4. The van der Waals surface area contributed by atoms with Crippen molar-refractivity contribution < 1.29 is 13.9 Å². The molecule has 0 unspecified atom stereocenters. The van der Waals surface area contributed by atoms with E-state index >= 15 is 0 Å². The third-order valence-electron chi connectivity index (χ3n) is 5.22. The van der Waals surface area contributed by atoms with Crippen LogP contribution in [0.1, 0.15) is 53.0 Å². The van der Waals surface area contributed by atoms with Crippen molar-refractivity contribution in [2.45, 2.75) is 31.7 Å². The van der Waals surface area contributed by atoms with Gasteiger partial charge in [0.2, 0.25) is 5.89 Å². The molecule has 0 bridgehead atoms. The summed E-state index contributed by atoms with van der Waals surface area (Å²) in [5, 5.41) is 4.12. The van der Waals surface area contributed by atoms with E-state index in [4.69, 9.17) is 9.15 Å². The topological polar surface area (TPSA) is 73.4 Å². The zero-order valence-electron chi connectivity index (χ0n) is 16.2. The number of aromatic nitrogens is 3. The van der Waals surface area contributed by atoms with Gasteiger partial charge in [0.15, 0.2) is 0 Å². The average Bonchev–Trinajstić information content (AvgIpc) is 3.37. The van der Waals surface area contributed by atoms with Gasteiger partial charge in [0, 0.05) is 31.8 Å². The highest BCUT2D eigenvalue weighted by Crippen LogP contribution is 2.32. The molecular formula is C21H24N4O3. The summed E-state index contributed by atoms with van der Waals surface area (Å²) in [5.41, 5.74) is 1.62. The van der Waals surface area contributed by atoms with E-state index in [0.29, 0.717) is 24.6 Å². The molecule has 1 aliphatic rings. The number of carbonyl (C=O) groups is 1. The van der Waals surface area contributed by atoms with Crippen LogP contribution in [0.5, 0.6) is 5.75 Å². The fraction of sp³-hybridized carbons (Fsp3) is 0.381. The quantitative estimate of drug-likeness (QED) is 0.678. The van der Waals surface area contributed by atoms with Gasteiger partial charge < -0.3 is 14.1 Å². The molecule has 7 nitrogen and oxygen atoms in total. The van der Waals surface area contributed by atoms with Gasteiger partial charge in [0.1, 0.15) is 23.2 Å². The molecule has 4 rings (SSSR count). The van der Waals surface area contributed by atoms with Crippen LogP contribution in [0, 0.1) is 0 Å². The molecule has 3 aromatic rings. The summed E-state index contributed by atoms with van der Waals surface area (Å²) in [6.45, 7) is 0.693. The minimum Gasteiger partial charge on any atom is -0.496 e. The first-order valence-electron chi connectivity index (χ1n) is 9.53. The highest BCUT2D eigenvalue weighted by Gasteiger charge is 2.33. The second-order valence-electron chi connectivity index (χ2n) is 7.00. The maximum Gasteiger partial charge on any atom is 0.272 e. The van der Waals surface area contributed by atoms with E-state index in [0.717, 1.165) is 36.3 Å². The minimum atomic E-state index is -0.150. The van der Waals surface area contributed by atoms with Crippen molar-refractivity contribution in [1.82, 2.24) is 19.7 Å². The number of carbonyl (C=O) groups excluding carboxylic acids is 1. The molecule has 0 spiro atoms. The Balaban J connectivity index is 1.56. The van der Waals surface area contributed by atoms with Crippen molar-refractivity contribution in [2.24, 2.45) is 7.05 Å². The molecule has 1 aliphatic heterocycles. The van der Waals surface area contributed by atoms with Crippen LogP contribution in [0.2, 0.25) is 0 Å². The molecular weight excluding hydrogens is 356 g/mol. The van der Waals surface area contributed by atoms with Crippen LogP contribution >= 0.6 is 0 Å². The molecule has 0 N–H and O–H groups in total. The van der Waals surface area contributed by atoms with Crippen LogP contribution in [0.4, 0.5) is 0 Å². The standard InChI is InChI=1S/C21H24N4O3/c1-24-18(10-11-23-24)21(26)25-12-6-5-8-17(25)20-22-14-16(28-20)13-15-7-3-4-9-19(15)27-2/h3-4,7,9-11,14,17H,5-6,8,12-13H2,1-2H3/t17-/m1/s1. The Morgan fingerprint density at radius 1 is 1.29 bits per heavy atom. The molecule has 2 aromatic heterocycles. The summed E-state index contributed by atoms with van der Waals surface area (Å²) in [4.78, 5) is 19.4. The number of amides is 1. The number of oxazole rings is 1. The van der Waals surface area contributed by atoms with Gasteiger partial charge in [0.05, 0.1) is 13.3 Å². The summed E-state index contributed by atoms with van der Waals surface area (Å²) in [6.07, 6.45) is 6.86. The smallest absolute Gasteiger partial charge is 0.272 e. The molecule has 1 fully saturated rings. The fourth-order valence-electron chi connectivity index (χ4n) is 3.76. The SMILES string of the molecule is COc1ccccc1Cc1cnc([C@H]2CCCCN2C(=O)c2ccnn2C)o1. The van der Waals surface area contributed by atoms with Gasteiger partial charge in [0.25, 0.3) is 5.91 Å². The van der Waals surface area contributed by atoms with E-state index in [9.17, 15) is 4.79 Å². The molecule has 3 heterocycles. The first-order chi connectivity index (χ1) is 13.7. The molecule has 146 valence electrons. The van der Waals surface area contributed by atoms with Gasteiger partial charge >= 0.3 is 0 Å². The summed E-state index contributed by atoms with van der Waals surface area (Å²) in [7, 11) is 3.44. The van der Waals surface area contributed by atoms with Crippen LogP contribution in [0.25, 0.3) is 0 Å². The zero-order valence-corrected chi connectivity index (χ0v) is 16.2. The molecule has 1 aromatic carbocycles. The van der Waals surface area contributed by atoms with Crippen LogP contribution in [-0.4, -0.2) is 39.2 Å². The van der Waals surface area contributed by atoms with Gasteiger partial charge in [-0.25, -0.2) is 4.98 Å². The Labute approximate surface area is 163 Å². The molecule has 0 aliphatic carbocycles. The Hall–Kier alpha value is -3.09. The molecule has 28 heavy (non-hydrogen) atoms. The first kappa shape index (κ1) is 18.3. The largest absolute Gasteiger partial charge is 0.496 e. The van der Waals surface area contributed by atoms with Gasteiger partial charge in [-0.1, -0.05) is 18.2 Å². The molecule has 1 atom stereocenters. The van der Waals surface area contributed by atoms with E-state index in [-0.39, 0.29) is 11.9 Å². The lowest BCUT2D eigenvalue weighted by Crippen LogP contribution is -2.39. The average molecular weight is 380 g/mol. The van der Waals surface area contributed by atoms with Crippen molar-refractivity contribution in [3.63, 3.8) is 0 Å². The van der Waals surface area contributed by atoms with E-state index in [1.54, 1.807) is 37.3 Å². The molecule has 0 saturated carbocycles. The normalized spacial score (nSPS) is 16.9. The number of methoxy groups -OCH3 is 1. The van der Waals surface area contributed by atoms with Crippen molar-refractivity contribution in [3.05, 3.63) is 65.6 Å². The Kier molecular flexibility index (Phi) is 5.14. The van der Waals surface area contributed by atoms with Gasteiger partial charge in [-0.15, -0.1) is 0 Å². The van der Waals surface area contributed by atoms with Gasteiger partial charge in [-0.05, 0) is 31.4 Å². The predicted octanol–water partition coefficient (Wildman–Crippen LogP) is 3.37. The summed E-state index contributed by atoms with van der Waals surface area (Å²) < 4.78 is 13.1. The maximum atomic E-state index is 13.0. The summed E-state index contributed by atoms with van der Waals surface area (Å²) >= 11 is 0. The van der Waals surface area contributed by atoms with Crippen molar-refractivity contribution in [2.75, 3.05) is 13.7 Å². The number of hydrogen-bond donors (Lipinski definition) is 0. The fourth-order valence-corrected chi connectivity index (χ4v) is 3.76. The predicted molar refractivity (Wildman–Crippen MR) is 103 cm³/mol. The van der Waals surface area contributed by atoms with E-state index in [1.165, 1.54) is 0 Å². The van der Waals surface area contributed by atoms with Gasteiger partial charge in [-0.3, -0.25) is 9.48 Å². The lowest BCUT2D eigenvalue weighted by molar-refractivity contribution is 0.0558.